The van der Waals surface area contributed by atoms with Crippen molar-refractivity contribution in [3.63, 3.8) is 0 Å². The highest BCUT2D eigenvalue weighted by Gasteiger charge is 2.25. The summed E-state index contributed by atoms with van der Waals surface area (Å²) in [4.78, 5) is 9.14. The molecule has 1 saturated carbocycles. The molecule has 3 heterocycles. The van der Waals surface area contributed by atoms with Crippen molar-refractivity contribution in [3.8, 4) is 11.3 Å². The molecule has 102 valence electrons. The summed E-state index contributed by atoms with van der Waals surface area (Å²) < 4.78 is 2.24. The Labute approximate surface area is 120 Å². The molecular formula is C16H13N5. The van der Waals surface area contributed by atoms with E-state index in [2.05, 4.69) is 42.9 Å². The molecule has 5 rings (SSSR count). The molecule has 5 nitrogen and oxygen atoms in total. The SMILES string of the molecule is c1cc2[nH]ncc2cc1-c1cc2ncn(C3CC3)c2cn1. The van der Waals surface area contributed by atoms with Gasteiger partial charge in [0.05, 0.1) is 41.0 Å². The van der Waals surface area contributed by atoms with Crippen molar-refractivity contribution in [2.24, 2.45) is 0 Å². The third kappa shape index (κ3) is 1.67. The number of fused-ring (bicyclic) bond motifs is 2. The van der Waals surface area contributed by atoms with Crippen LogP contribution in [0.4, 0.5) is 0 Å². The predicted octanol–water partition coefficient (Wildman–Crippen LogP) is 3.31. The van der Waals surface area contributed by atoms with Crippen molar-refractivity contribution in [1.82, 2.24) is 24.7 Å². The second-order valence-electron chi connectivity index (χ2n) is 5.61. The van der Waals surface area contributed by atoms with Crippen LogP contribution >= 0.6 is 0 Å². The molecule has 21 heavy (non-hydrogen) atoms. The van der Waals surface area contributed by atoms with Crippen LogP contribution in [-0.2, 0) is 0 Å². The van der Waals surface area contributed by atoms with Gasteiger partial charge in [-0.15, -0.1) is 0 Å². The minimum absolute atomic E-state index is 0.630. The van der Waals surface area contributed by atoms with E-state index >= 15 is 0 Å². The normalized spacial score (nSPS) is 15.0. The third-order valence-corrected chi connectivity index (χ3v) is 4.14. The average molecular weight is 275 g/mol. The Morgan fingerprint density at radius 3 is 2.95 bits per heavy atom. The summed E-state index contributed by atoms with van der Waals surface area (Å²) in [5, 5.41) is 8.11. The third-order valence-electron chi connectivity index (χ3n) is 4.14. The molecule has 4 aromatic rings. The van der Waals surface area contributed by atoms with Gasteiger partial charge in [0.15, 0.2) is 0 Å². The second-order valence-corrected chi connectivity index (χ2v) is 5.61. The van der Waals surface area contributed by atoms with Gasteiger partial charge in [0.2, 0.25) is 0 Å². The van der Waals surface area contributed by atoms with E-state index in [0.717, 1.165) is 33.2 Å². The maximum Gasteiger partial charge on any atom is 0.0961 e. The second kappa shape index (κ2) is 3.91. The van der Waals surface area contributed by atoms with Crippen LogP contribution in [0.25, 0.3) is 33.2 Å². The van der Waals surface area contributed by atoms with Crippen LogP contribution in [0.15, 0.2) is 43.0 Å². The number of hydrogen-bond acceptors (Lipinski definition) is 3. The quantitative estimate of drug-likeness (QED) is 0.610. The lowest BCUT2D eigenvalue weighted by molar-refractivity contribution is 0.765. The van der Waals surface area contributed by atoms with E-state index in [1.165, 1.54) is 12.8 Å². The Kier molecular flexibility index (Phi) is 2.05. The monoisotopic (exact) mass is 275 g/mol. The molecule has 1 fully saturated rings. The minimum atomic E-state index is 0.630. The zero-order valence-electron chi connectivity index (χ0n) is 11.3. The average Bonchev–Trinajstić information content (AvgIpc) is 3.11. The van der Waals surface area contributed by atoms with E-state index < -0.39 is 0 Å². The van der Waals surface area contributed by atoms with Crippen LogP contribution in [0.3, 0.4) is 0 Å². The van der Waals surface area contributed by atoms with Crippen LogP contribution in [0.2, 0.25) is 0 Å². The Morgan fingerprint density at radius 1 is 1.10 bits per heavy atom. The number of benzene rings is 1. The van der Waals surface area contributed by atoms with Crippen LogP contribution < -0.4 is 0 Å². The largest absolute Gasteiger partial charge is 0.326 e. The highest BCUT2D eigenvalue weighted by molar-refractivity contribution is 5.85. The summed E-state index contributed by atoms with van der Waals surface area (Å²) in [6, 6.07) is 8.89. The Bertz CT molecular complexity index is 961. The highest BCUT2D eigenvalue weighted by atomic mass is 15.1. The molecule has 3 aromatic heterocycles. The van der Waals surface area contributed by atoms with Gasteiger partial charge < -0.3 is 4.57 Å². The zero-order valence-corrected chi connectivity index (χ0v) is 11.3. The predicted molar refractivity (Wildman–Crippen MR) is 80.9 cm³/mol. The van der Waals surface area contributed by atoms with Gasteiger partial charge in [-0.3, -0.25) is 10.1 Å². The van der Waals surface area contributed by atoms with Crippen molar-refractivity contribution in [2.75, 3.05) is 0 Å². The molecule has 5 heteroatoms. The fourth-order valence-corrected chi connectivity index (χ4v) is 2.83. The molecule has 0 saturated heterocycles. The molecule has 0 aliphatic heterocycles. The van der Waals surface area contributed by atoms with E-state index in [9.17, 15) is 0 Å². The maximum absolute atomic E-state index is 4.62. The van der Waals surface area contributed by atoms with Crippen molar-refractivity contribution >= 4 is 21.9 Å². The molecular weight excluding hydrogens is 262 g/mol. The molecule has 0 amide bonds. The number of imidazole rings is 1. The van der Waals surface area contributed by atoms with Gasteiger partial charge in [0.25, 0.3) is 0 Å². The first-order valence-electron chi connectivity index (χ1n) is 7.14. The summed E-state index contributed by atoms with van der Waals surface area (Å²) in [6.45, 7) is 0. The van der Waals surface area contributed by atoms with Crippen LogP contribution in [0.5, 0.6) is 0 Å². The summed E-state index contributed by atoms with van der Waals surface area (Å²) in [5.41, 5.74) is 5.22. The molecule has 1 aliphatic carbocycles. The molecule has 0 spiro atoms. The molecule has 0 bridgehead atoms. The van der Waals surface area contributed by atoms with Gasteiger partial charge >= 0.3 is 0 Å². The van der Waals surface area contributed by atoms with E-state index in [0.29, 0.717) is 6.04 Å². The smallest absolute Gasteiger partial charge is 0.0961 e. The lowest BCUT2D eigenvalue weighted by atomic mass is 10.1. The lowest BCUT2D eigenvalue weighted by Gasteiger charge is -2.03. The number of aromatic amines is 1. The van der Waals surface area contributed by atoms with Crippen molar-refractivity contribution in [1.29, 1.82) is 0 Å². The first-order valence-corrected chi connectivity index (χ1v) is 7.14. The first-order chi connectivity index (χ1) is 10.4. The molecule has 0 atom stereocenters. The maximum atomic E-state index is 4.62. The van der Waals surface area contributed by atoms with Crippen molar-refractivity contribution in [3.05, 3.63) is 43.0 Å². The van der Waals surface area contributed by atoms with E-state index in [1.54, 1.807) is 0 Å². The molecule has 1 aromatic carbocycles. The summed E-state index contributed by atoms with van der Waals surface area (Å²) in [7, 11) is 0. The topological polar surface area (TPSA) is 59.4 Å². The summed E-state index contributed by atoms with van der Waals surface area (Å²) in [5.74, 6) is 0. The number of nitrogens with one attached hydrogen (secondary N) is 1. The number of pyridine rings is 1. The fourth-order valence-electron chi connectivity index (χ4n) is 2.83. The zero-order chi connectivity index (χ0) is 13.8. The molecule has 1 aliphatic rings. The number of aromatic nitrogens is 5. The van der Waals surface area contributed by atoms with E-state index in [-0.39, 0.29) is 0 Å². The molecule has 0 unspecified atom stereocenters. The summed E-state index contributed by atoms with van der Waals surface area (Å²) >= 11 is 0. The molecule has 1 N–H and O–H groups in total. The fraction of sp³-hybridized carbons (Fsp3) is 0.188. The first kappa shape index (κ1) is 11.0. The number of nitrogens with zero attached hydrogens (tertiary/aromatic N) is 4. The standard InChI is InChI=1S/C16H13N5/c1-4-13-11(7-19-20-13)5-10(1)14-6-15-16(8-17-14)21(9-18-15)12-2-3-12/h1,4-9,12H,2-3H2,(H,19,20). The Balaban J connectivity index is 1.66. The Morgan fingerprint density at radius 2 is 2.05 bits per heavy atom. The van der Waals surface area contributed by atoms with Gasteiger partial charge in [-0.25, -0.2) is 4.98 Å². The van der Waals surface area contributed by atoms with Crippen molar-refractivity contribution in [2.45, 2.75) is 18.9 Å². The highest BCUT2D eigenvalue weighted by Crippen LogP contribution is 2.37. The summed E-state index contributed by atoms with van der Waals surface area (Å²) in [6.07, 6.45) is 8.22. The number of hydrogen-bond donors (Lipinski definition) is 1. The van der Waals surface area contributed by atoms with E-state index in [4.69, 9.17) is 0 Å². The van der Waals surface area contributed by atoms with E-state index in [1.807, 2.05) is 24.8 Å². The van der Waals surface area contributed by atoms with Gasteiger partial charge in [-0.2, -0.15) is 5.10 Å². The lowest BCUT2D eigenvalue weighted by Crippen LogP contribution is -1.91. The van der Waals surface area contributed by atoms with Crippen LogP contribution in [0, 0.1) is 0 Å². The van der Waals surface area contributed by atoms with Gasteiger partial charge in [0.1, 0.15) is 0 Å². The van der Waals surface area contributed by atoms with Crippen molar-refractivity contribution < 1.29 is 0 Å². The Hall–Kier alpha value is -2.69. The van der Waals surface area contributed by atoms with Gasteiger partial charge in [0, 0.05) is 17.0 Å². The van der Waals surface area contributed by atoms with Gasteiger partial charge in [-0.1, -0.05) is 6.07 Å². The molecule has 0 radical (unpaired) electrons. The number of rotatable bonds is 2. The minimum Gasteiger partial charge on any atom is -0.326 e. The van der Waals surface area contributed by atoms with Crippen LogP contribution in [0.1, 0.15) is 18.9 Å². The van der Waals surface area contributed by atoms with Crippen LogP contribution in [-0.4, -0.2) is 24.7 Å². The number of H-pyrrole nitrogens is 1. The van der Waals surface area contributed by atoms with Gasteiger partial charge in [-0.05, 0) is 31.0 Å².